The van der Waals surface area contributed by atoms with Crippen LogP contribution in [0.2, 0.25) is 0 Å². The van der Waals surface area contributed by atoms with Crippen LogP contribution >= 0.6 is 15.9 Å². The predicted molar refractivity (Wildman–Crippen MR) is 139 cm³/mol. The second-order valence-corrected chi connectivity index (χ2v) is 9.53. The predicted octanol–water partition coefficient (Wildman–Crippen LogP) is 4.87. The molecule has 0 spiro atoms. The zero-order chi connectivity index (χ0) is 31.5. The Bertz CT molecular complexity index is 1630. The Kier molecular flexibility index (Phi) is 9.18. The standard InChI is InChI=1S/C27H20BrF5N4O6/c1-41-19-9-2-13(10-35-19)11-37(26(39)40)12-18(42-17-8-7-16(29)20(21(17)30)24(34)38)25-36-22(23(28)43-25)14-3-5-15(6-4-14)27(31,32)33/h2-10,18H,11-12H2,1H3,(H2,34,38)(H,39,40)/p-1. The molecule has 1 unspecified atom stereocenters. The molecule has 0 aliphatic rings. The van der Waals surface area contributed by atoms with Crippen molar-refractivity contribution in [2.75, 3.05) is 13.7 Å². The Hall–Kier alpha value is -4.73. The number of ether oxygens (including phenoxy) is 2. The molecule has 0 radical (unpaired) electrons. The SMILES string of the molecule is COc1ccc(CN(CC(Oc2ccc(F)c(C(N)=O)c2F)c2nc(-c3ccc(C(F)(F)F)cc3)c(Br)o2)C(=O)[O-])cn1. The first-order valence-corrected chi connectivity index (χ1v) is 12.8. The van der Waals surface area contributed by atoms with E-state index in [4.69, 9.17) is 19.6 Å². The van der Waals surface area contributed by atoms with Crippen molar-refractivity contribution in [3.63, 3.8) is 0 Å². The van der Waals surface area contributed by atoms with Crippen LogP contribution in [0.25, 0.3) is 11.3 Å². The summed E-state index contributed by atoms with van der Waals surface area (Å²) in [5, 5.41) is 12.1. The van der Waals surface area contributed by atoms with E-state index in [9.17, 15) is 32.3 Å². The molecule has 2 aromatic heterocycles. The highest BCUT2D eigenvalue weighted by atomic mass is 79.9. The monoisotopic (exact) mass is 669 g/mol. The average Bonchev–Trinajstić information content (AvgIpc) is 3.34. The van der Waals surface area contributed by atoms with Crippen molar-refractivity contribution in [3.8, 4) is 22.9 Å². The summed E-state index contributed by atoms with van der Waals surface area (Å²) in [4.78, 5) is 32.7. The summed E-state index contributed by atoms with van der Waals surface area (Å²) >= 11 is 3.13. The fourth-order valence-corrected chi connectivity index (χ4v) is 4.35. The van der Waals surface area contributed by atoms with Gasteiger partial charge in [-0.3, -0.25) is 4.79 Å². The molecule has 10 nitrogen and oxygen atoms in total. The Morgan fingerprint density at radius 3 is 2.37 bits per heavy atom. The van der Waals surface area contributed by atoms with Crippen molar-refractivity contribution in [2.24, 2.45) is 5.73 Å². The third-order valence-electron chi connectivity index (χ3n) is 5.96. The molecular formula is C27H19BrF5N4O6-. The summed E-state index contributed by atoms with van der Waals surface area (Å²) in [5.41, 5.74) is 3.66. The fraction of sp³-hybridized carbons (Fsp3) is 0.185. The molecule has 0 saturated carbocycles. The van der Waals surface area contributed by atoms with Crippen LogP contribution in [0.1, 0.15) is 33.5 Å². The lowest BCUT2D eigenvalue weighted by Gasteiger charge is -2.29. The lowest BCUT2D eigenvalue weighted by atomic mass is 10.1. The van der Waals surface area contributed by atoms with Gasteiger partial charge in [0.2, 0.25) is 11.8 Å². The van der Waals surface area contributed by atoms with Gasteiger partial charge < -0.3 is 34.4 Å². The first kappa shape index (κ1) is 31.2. The zero-order valence-electron chi connectivity index (χ0n) is 21.8. The van der Waals surface area contributed by atoms with E-state index in [1.807, 2.05) is 0 Å². The van der Waals surface area contributed by atoms with Gasteiger partial charge in [-0.15, -0.1) is 0 Å². The molecule has 2 amide bonds. The van der Waals surface area contributed by atoms with Crippen molar-refractivity contribution in [1.29, 1.82) is 0 Å². The number of carbonyl (C=O) groups excluding carboxylic acids is 2. The van der Waals surface area contributed by atoms with E-state index >= 15 is 4.39 Å². The second-order valence-electron chi connectivity index (χ2n) is 8.81. The number of carbonyl (C=O) groups is 2. The van der Waals surface area contributed by atoms with E-state index in [-0.39, 0.29) is 34.2 Å². The number of benzene rings is 2. The van der Waals surface area contributed by atoms with Gasteiger partial charge in [0.1, 0.15) is 23.2 Å². The van der Waals surface area contributed by atoms with Crippen molar-refractivity contribution >= 4 is 27.9 Å². The molecule has 16 heteroatoms. The molecule has 43 heavy (non-hydrogen) atoms. The van der Waals surface area contributed by atoms with Crippen molar-refractivity contribution in [3.05, 3.63) is 93.6 Å². The third-order valence-corrected chi connectivity index (χ3v) is 6.50. The van der Waals surface area contributed by atoms with E-state index in [2.05, 4.69) is 25.9 Å². The number of nitrogens with zero attached hydrogens (tertiary/aromatic N) is 3. The number of primary amides is 1. The normalized spacial score (nSPS) is 12.1. The molecule has 2 aromatic carbocycles. The summed E-state index contributed by atoms with van der Waals surface area (Å²) in [6.45, 7) is -0.915. The number of amides is 2. The molecule has 0 aliphatic carbocycles. The highest BCUT2D eigenvalue weighted by molar-refractivity contribution is 9.10. The lowest BCUT2D eigenvalue weighted by molar-refractivity contribution is -0.267. The Balaban J connectivity index is 1.73. The Labute approximate surface area is 248 Å². The maximum atomic E-state index is 15.1. The van der Waals surface area contributed by atoms with Gasteiger partial charge in [-0.1, -0.05) is 18.2 Å². The van der Waals surface area contributed by atoms with Crippen LogP contribution in [0, 0.1) is 11.6 Å². The van der Waals surface area contributed by atoms with E-state index in [0.717, 1.165) is 35.2 Å². The summed E-state index contributed by atoms with van der Waals surface area (Å²) in [7, 11) is 1.39. The van der Waals surface area contributed by atoms with Crippen LogP contribution in [0.15, 0.2) is 63.8 Å². The number of methoxy groups -OCH3 is 1. The van der Waals surface area contributed by atoms with Gasteiger partial charge >= 0.3 is 6.18 Å². The highest BCUT2D eigenvalue weighted by Crippen LogP contribution is 2.36. The van der Waals surface area contributed by atoms with Gasteiger partial charge in [-0.25, -0.2) is 18.7 Å². The molecule has 2 heterocycles. The van der Waals surface area contributed by atoms with Crippen molar-refractivity contribution < 1.29 is 50.5 Å². The molecule has 226 valence electrons. The minimum Gasteiger partial charge on any atom is -0.530 e. The quantitative estimate of drug-likeness (QED) is 0.236. The van der Waals surface area contributed by atoms with Crippen LogP contribution < -0.4 is 20.3 Å². The minimum atomic E-state index is -4.58. The van der Waals surface area contributed by atoms with E-state index in [1.165, 1.54) is 25.4 Å². The zero-order valence-corrected chi connectivity index (χ0v) is 23.4. The Morgan fingerprint density at radius 2 is 1.81 bits per heavy atom. The molecule has 0 bridgehead atoms. The largest absolute Gasteiger partial charge is 0.530 e. The van der Waals surface area contributed by atoms with Gasteiger partial charge in [0.15, 0.2) is 22.3 Å². The van der Waals surface area contributed by atoms with Crippen molar-refractivity contribution in [1.82, 2.24) is 14.9 Å². The van der Waals surface area contributed by atoms with Crippen LogP contribution in [-0.4, -0.2) is 40.5 Å². The summed E-state index contributed by atoms with van der Waals surface area (Å²) in [6, 6.07) is 8.48. The molecule has 1 atom stereocenters. The number of hydrogen-bond acceptors (Lipinski definition) is 8. The third kappa shape index (κ3) is 7.20. The number of alkyl halides is 3. The molecular weight excluding hydrogens is 651 g/mol. The number of rotatable bonds is 10. The van der Waals surface area contributed by atoms with Crippen LogP contribution in [-0.2, 0) is 12.7 Å². The summed E-state index contributed by atoms with van der Waals surface area (Å²) in [5.74, 6) is -4.95. The average molecular weight is 670 g/mol. The van der Waals surface area contributed by atoms with Gasteiger partial charge in [0.25, 0.3) is 5.91 Å². The maximum Gasteiger partial charge on any atom is 0.416 e. The highest BCUT2D eigenvalue weighted by Gasteiger charge is 2.31. The van der Waals surface area contributed by atoms with E-state index in [0.29, 0.717) is 11.6 Å². The number of halogens is 6. The number of aromatic nitrogens is 2. The van der Waals surface area contributed by atoms with Gasteiger partial charge in [0.05, 0.1) is 19.2 Å². The van der Waals surface area contributed by atoms with E-state index in [1.54, 1.807) is 0 Å². The van der Waals surface area contributed by atoms with Crippen LogP contribution in [0.4, 0.5) is 26.7 Å². The fourth-order valence-electron chi connectivity index (χ4n) is 3.87. The number of hydrogen-bond donors (Lipinski definition) is 1. The minimum absolute atomic E-state index is 0.00841. The molecule has 0 fully saturated rings. The summed E-state index contributed by atoms with van der Waals surface area (Å²) in [6.07, 6.45) is -6.49. The van der Waals surface area contributed by atoms with Crippen LogP contribution in [0.3, 0.4) is 0 Å². The maximum absolute atomic E-state index is 15.1. The number of pyridine rings is 1. The summed E-state index contributed by atoms with van der Waals surface area (Å²) < 4.78 is 84.4. The number of carboxylic acid groups (broad SMARTS) is 1. The molecule has 0 aliphatic heterocycles. The van der Waals surface area contributed by atoms with Crippen LogP contribution in [0.5, 0.6) is 11.6 Å². The van der Waals surface area contributed by atoms with E-state index < -0.39 is 59.3 Å². The number of oxazole rings is 1. The molecule has 4 aromatic rings. The smallest absolute Gasteiger partial charge is 0.416 e. The van der Waals surface area contributed by atoms with Gasteiger partial charge in [-0.05, 0) is 45.8 Å². The lowest BCUT2D eigenvalue weighted by Crippen LogP contribution is -2.43. The molecule has 4 rings (SSSR count). The number of nitrogens with two attached hydrogens (primary N) is 1. The van der Waals surface area contributed by atoms with Crippen molar-refractivity contribution in [2.45, 2.75) is 18.8 Å². The van der Waals surface area contributed by atoms with Gasteiger partial charge in [0, 0.05) is 24.4 Å². The topological polar surface area (TPSA) is 144 Å². The molecule has 2 N–H and O–H groups in total. The van der Waals surface area contributed by atoms with Gasteiger partial charge in [-0.2, -0.15) is 13.2 Å². The first-order valence-electron chi connectivity index (χ1n) is 12.0. The second kappa shape index (κ2) is 12.6. The Morgan fingerprint density at radius 1 is 1.12 bits per heavy atom. The molecule has 0 saturated heterocycles. The first-order chi connectivity index (χ1) is 20.3.